The second-order valence-corrected chi connectivity index (χ2v) is 2.60. The Labute approximate surface area is 73.0 Å². The van der Waals surface area contributed by atoms with Crippen molar-refractivity contribution in [3.05, 3.63) is 34.6 Å². The Kier molecular flexibility index (Phi) is 1.45. The van der Waals surface area contributed by atoms with Crippen molar-refractivity contribution in [1.82, 2.24) is 9.71 Å². The number of para-hydroxylation sites is 1. The molecule has 0 fully saturated rings. The first-order valence-corrected chi connectivity index (χ1v) is 3.66. The van der Waals surface area contributed by atoms with Crippen molar-refractivity contribution >= 4 is 16.9 Å². The summed E-state index contributed by atoms with van der Waals surface area (Å²) in [6, 6.07) is 6.68. The van der Waals surface area contributed by atoms with E-state index < -0.39 is 5.56 Å². The molecule has 1 heterocycles. The van der Waals surface area contributed by atoms with Crippen molar-refractivity contribution in [2.45, 2.75) is 0 Å². The molecule has 1 aromatic heterocycles. The summed E-state index contributed by atoms with van der Waals surface area (Å²) < 4.78 is 0.336. The number of aromatic nitrogens is 2. The Morgan fingerprint density at radius 1 is 1.38 bits per heavy atom. The zero-order chi connectivity index (χ0) is 9.42. The molecular weight excluding hydrogens is 170 g/mol. The lowest BCUT2D eigenvalue weighted by Gasteiger charge is -2.01. The highest BCUT2D eigenvalue weighted by Crippen LogP contribution is 2.06. The van der Waals surface area contributed by atoms with Crippen LogP contribution < -0.4 is 11.3 Å². The van der Waals surface area contributed by atoms with Gasteiger partial charge in [-0.2, -0.15) is 0 Å². The van der Waals surface area contributed by atoms with Gasteiger partial charge in [-0.1, -0.05) is 12.1 Å². The van der Waals surface area contributed by atoms with Crippen LogP contribution in [0, 0.1) is 0 Å². The molecule has 0 amide bonds. The summed E-state index contributed by atoms with van der Waals surface area (Å²) in [5, 5.41) is 9.47. The van der Waals surface area contributed by atoms with E-state index in [0.29, 0.717) is 15.6 Å². The van der Waals surface area contributed by atoms with Crippen LogP contribution >= 0.6 is 0 Å². The van der Waals surface area contributed by atoms with Gasteiger partial charge >= 0.3 is 0 Å². The average Bonchev–Trinajstić information content (AvgIpc) is 2.15. The molecule has 0 aliphatic heterocycles. The zero-order valence-electron chi connectivity index (χ0n) is 6.64. The minimum absolute atomic E-state index is 0.205. The highest BCUT2D eigenvalue weighted by molar-refractivity contribution is 5.78. The molecule has 5 heteroatoms. The van der Waals surface area contributed by atoms with Crippen molar-refractivity contribution in [1.29, 1.82) is 0 Å². The molecular formula is C8H7N3O2. The molecule has 1 aromatic carbocycles. The molecule has 5 nitrogen and oxygen atoms in total. The fourth-order valence-corrected chi connectivity index (χ4v) is 1.14. The van der Waals surface area contributed by atoms with E-state index in [1.807, 2.05) is 0 Å². The summed E-state index contributed by atoms with van der Waals surface area (Å²) in [7, 11) is 0. The van der Waals surface area contributed by atoms with Crippen molar-refractivity contribution in [2.75, 3.05) is 5.73 Å². The number of nitrogens with zero attached hydrogens (tertiary/aromatic N) is 2. The lowest BCUT2D eigenvalue weighted by Crippen LogP contribution is -2.22. The first-order valence-electron chi connectivity index (χ1n) is 3.66. The number of anilines is 1. The SMILES string of the molecule is Nc1nc2ccccc2c(=O)n1O. The standard InChI is InChI=1S/C8H7N3O2/c9-8-10-6-4-2-1-3-5(6)7(12)11(8)13/h1-4,13H,(H2,9,10). The van der Waals surface area contributed by atoms with E-state index in [9.17, 15) is 4.79 Å². The first kappa shape index (κ1) is 7.60. The largest absolute Gasteiger partial charge is 0.422 e. The number of nitrogens with two attached hydrogens (primary N) is 1. The minimum atomic E-state index is -0.553. The van der Waals surface area contributed by atoms with E-state index in [4.69, 9.17) is 10.9 Å². The molecule has 13 heavy (non-hydrogen) atoms. The zero-order valence-corrected chi connectivity index (χ0v) is 6.64. The smallest absolute Gasteiger partial charge is 0.295 e. The predicted octanol–water partition coefficient (Wildman–Crippen LogP) is 0.216. The Morgan fingerprint density at radius 2 is 2.08 bits per heavy atom. The van der Waals surface area contributed by atoms with Gasteiger partial charge in [-0.3, -0.25) is 4.79 Å². The summed E-state index contributed by atoms with van der Waals surface area (Å²) >= 11 is 0. The fraction of sp³-hybridized carbons (Fsp3) is 0. The molecule has 2 aromatic rings. The van der Waals surface area contributed by atoms with Gasteiger partial charge in [0.1, 0.15) is 0 Å². The van der Waals surface area contributed by atoms with Crippen LogP contribution in [-0.2, 0) is 0 Å². The maximum atomic E-state index is 11.3. The number of hydrogen-bond acceptors (Lipinski definition) is 4. The quantitative estimate of drug-likeness (QED) is 0.564. The third kappa shape index (κ3) is 1.01. The Morgan fingerprint density at radius 3 is 2.85 bits per heavy atom. The molecule has 0 aliphatic carbocycles. The summed E-state index contributed by atoms with van der Waals surface area (Å²) in [5.41, 5.74) is 5.22. The van der Waals surface area contributed by atoms with Crippen molar-refractivity contribution in [3.8, 4) is 0 Å². The Bertz CT molecular complexity index is 518. The van der Waals surface area contributed by atoms with Crippen LogP contribution in [0.25, 0.3) is 10.9 Å². The summed E-state index contributed by atoms with van der Waals surface area (Å²) in [6.07, 6.45) is 0. The summed E-state index contributed by atoms with van der Waals surface area (Å²) in [4.78, 5) is 15.2. The van der Waals surface area contributed by atoms with Crippen LogP contribution in [0.1, 0.15) is 0 Å². The van der Waals surface area contributed by atoms with E-state index in [1.54, 1.807) is 24.3 Å². The van der Waals surface area contributed by atoms with Crippen LogP contribution in [0.3, 0.4) is 0 Å². The molecule has 0 saturated heterocycles. The monoisotopic (exact) mass is 177 g/mol. The third-order valence-electron chi connectivity index (χ3n) is 1.78. The molecule has 0 bridgehead atoms. The molecule has 0 atom stereocenters. The van der Waals surface area contributed by atoms with Crippen LogP contribution in [0.4, 0.5) is 5.95 Å². The molecule has 0 aliphatic rings. The molecule has 0 unspecified atom stereocenters. The average molecular weight is 177 g/mol. The van der Waals surface area contributed by atoms with Crippen molar-refractivity contribution in [2.24, 2.45) is 0 Å². The molecule has 0 spiro atoms. The van der Waals surface area contributed by atoms with Gasteiger partial charge in [-0.25, -0.2) is 4.98 Å². The number of benzene rings is 1. The summed E-state index contributed by atoms with van der Waals surface area (Å²) in [5.74, 6) is -0.205. The molecule has 66 valence electrons. The predicted molar refractivity (Wildman–Crippen MR) is 47.6 cm³/mol. The highest BCUT2D eigenvalue weighted by atomic mass is 16.5. The molecule has 3 N–H and O–H groups in total. The van der Waals surface area contributed by atoms with E-state index in [1.165, 1.54) is 0 Å². The maximum absolute atomic E-state index is 11.3. The van der Waals surface area contributed by atoms with Gasteiger partial charge in [0.15, 0.2) is 0 Å². The van der Waals surface area contributed by atoms with Crippen LogP contribution in [0.15, 0.2) is 29.1 Å². The third-order valence-corrected chi connectivity index (χ3v) is 1.78. The van der Waals surface area contributed by atoms with E-state index in [-0.39, 0.29) is 5.95 Å². The maximum Gasteiger partial charge on any atom is 0.295 e. The Hall–Kier alpha value is -2.04. The van der Waals surface area contributed by atoms with Crippen LogP contribution in [-0.4, -0.2) is 14.9 Å². The molecule has 0 radical (unpaired) electrons. The van der Waals surface area contributed by atoms with Crippen LogP contribution in [0.2, 0.25) is 0 Å². The van der Waals surface area contributed by atoms with E-state index in [2.05, 4.69) is 4.98 Å². The molecule has 0 saturated carbocycles. The van der Waals surface area contributed by atoms with Gasteiger partial charge in [0, 0.05) is 0 Å². The second kappa shape index (κ2) is 2.48. The van der Waals surface area contributed by atoms with E-state index >= 15 is 0 Å². The number of fused-ring (bicyclic) bond motifs is 1. The van der Waals surface area contributed by atoms with Gasteiger partial charge in [-0.05, 0) is 12.1 Å². The lowest BCUT2D eigenvalue weighted by atomic mass is 10.2. The van der Waals surface area contributed by atoms with Gasteiger partial charge < -0.3 is 10.9 Å². The van der Waals surface area contributed by atoms with Crippen molar-refractivity contribution < 1.29 is 5.21 Å². The van der Waals surface area contributed by atoms with Crippen molar-refractivity contribution in [3.63, 3.8) is 0 Å². The van der Waals surface area contributed by atoms with Gasteiger partial charge in [-0.15, -0.1) is 4.73 Å². The number of rotatable bonds is 0. The second-order valence-electron chi connectivity index (χ2n) is 2.60. The van der Waals surface area contributed by atoms with Crippen LogP contribution in [0.5, 0.6) is 0 Å². The summed E-state index contributed by atoms with van der Waals surface area (Å²) in [6.45, 7) is 0. The molecule has 2 rings (SSSR count). The Balaban J connectivity index is 3.03. The minimum Gasteiger partial charge on any atom is -0.422 e. The fourth-order valence-electron chi connectivity index (χ4n) is 1.14. The first-order chi connectivity index (χ1) is 6.20. The number of hydrogen-bond donors (Lipinski definition) is 2. The topological polar surface area (TPSA) is 81.1 Å². The normalized spacial score (nSPS) is 10.5. The van der Waals surface area contributed by atoms with Gasteiger partial charge in [0.05, 0.1) is 10.9 Å². The lowest BCUT2D eigenvalue weighted by molar-refractivity contribution is 0.180. The van der Waals surface area contributed by atoms with E-state index in [0.717, 1.165) is 0 Å². The van der Waals surface area contributed by atoms with Gasteiger partial charge in [0.2, 0.25) is 5.95 Å². The van der Waals surface area contributed by atoms with Gasteiger partial charge in [0.25, 0.3) is 5.56 Å². The number of nitrogen functional groups attached to an aromatic ring is 1. The highest BCUT2D eigenvalue weighted by Gasteiger charge is 2.05.